The minimum Gasteiger partial charge on any atom is -0.460 e. The maximum Gasteiger partial charge on any atom is 0.336 e. The predicted molar refractivity (Wildman–Crippen MR) is 113 cm³/mol. The zero-order chi connectivity index (χ0) is 22.1. The van der Waals surface area contributed by atoms with Crippen LogP contribution in [0.15, 0.2) is 56.6 Å². The summed E-state index contributed by atoms with van der Waals surface area (Å²) < 4.78 is 36.7. The van der Waals surface area contributed by atoms with Crippen LogP contribution in [0.5, 0.6) is 0 Å². The standard InChI is InChI=1S/C22H23NO6S/c1-14-5-8-18(9-6-14)30(26,27)23(4)12-21(25)28-13-17-11-20(24)29-22-16(3)15(2)7-10-19(17)22/h5-11H,12-13H2,1-4H3. The first kappa shape index (κ1) is 21.7. The molecule has 8 heteroatoms. The SMILES string of the molecule is Cc1ccc(S(=O)(=O)N(C)CC(=O)OCc2cc(=O)oc3c(C)c(C)ccc23)cc1. The van der Waals surface area contributed by atoms with Crippen molar-refractivity contribution >= 4 is 27.0 Å². The number of aryl methyl sites for hydroxylation is 3. The van der Waals surface area contributed by atoms with Gasteiger partial charge < -0.3 is 9.15 Å². The first-order chi connectivity index (χ1) is 14.1. The van der Waals surface area contributed by atoms with Gasteiger partial charge in [-0.05, 0) is 44.0 Å². The molecule has 0 saturated heterocycles. The third-order valence-electron chi connectivity index (χ3n) is 4.99. The second kappa shape index (κ2) is 8.41. The highest BCUT2D eigenvalue weighted by molar-refractivity contribution is 7.89. The highest BCUT2D eigenvalue weighted by atomic mass is 32.2. The van der Waals surface area contributed by atoms with Crippen LogP contribution >= 0.6 is 0 Å². The van der Waals surface area contributed by atoms with Gasteiger partial charge in [-0.25, -0.2) is 13.2 Å². The molecule has 1 aromatic heterocycles. The average Bonchev–Trinajstić information content (AvgIpc) is 2.69. The van der Waals surface area contributed by atoms with E-state index in [1.54, 1.807) is 18.2 Å². The van der Waals surface area contributed by atoms with Gasteiger partial charge in [0.1, 0.15) is 18.7 Å². The molecule has 30 heavy (non-hydrogen) atoms. The van der Waals surface area contributed by atoms with Crippen LogP contribution in [-0.4, -0.2) is 32.3 Å². The molecule has 0 amide bonds. The van der Waals surface area contributed by atoms with Crippen LogP contribution in [0.4, 0.5) is 0 Å². The Labute approximate surface area is 174 Å². The number of carbonyl (C=O) groups excluding carboxylic acids is 1. The first-order valence-electron chi connectivity index (χ1n) is 9.31. The Bertz CT molecular complexity index is 1260. The third-order valence-corrected chi connectivity index (χ3v) is 6.80. The summed E-state index contributed by atoms with van der Waals surface area (Å²) in [7, 11) is -2.50. The van der Waals surface area contributed by atoms with Crippen molar-refractivity contribution in [2.75, 3.05) is 13.6 Å². The Morgan fingerprint density at radius 3 is 2.40 bits per heavy atom. The number of sulfonamides is 1. The summed E-state index contributed by atoms with van der Waals surface area (Å²) in [4.78, 5) is 24.3. The molecule has 1 heterocycles. The van der Waals surface area contributed by atoms with E-state index in [1.807, 2.05) is 26.8 Å². The summed E-state index contributed by atoms with van der Waals surface area (Å²) in [6, 6.07) is 11.3. The monoisotopic (exact) mass is 429 g/mol. The molecular formula is C22H23NO6S. The molecule has 0 N–H and O–H groups in total. The summed E-state index contributed by atoms with van der Waals surface area (Å²) in [5, 5.41) is 0.672. The lowest BCUT2D eigenvalue weighted by Crippen LogP contribution is -2.33. The van der Waals surface area contributed by atoms with Crippen molar-refractivity contribution in [3.8, 4) is 0 Å². The number of nitrogens with zero attached hydrogens (tertiary/aromatic N) is 1. The summed E-state index contributed by atoms with van der Waals surface area (Å²) in [6.45, 7) is 5.00. The van der Waals surface area contributed by atoms with E-state index in [4.69, 9.17) is 9.15 Å². The molecule has 0 aliphatic rings. The van der Waals surface area contributed by atoms with Crippen molar-refractivity contribution in [1.82, 2.24) is 4.31 Å². The Balaban J connectivity index is 1.74. The second-order valence-electron chi connectivity index (χ2n) is 7.21. The molecule has 0 atom stereocenters. The number of likely N-dealkylation sites (N-methyl/N-ethyl adjacent to an activating group) is 1. The van der Waals surface area contributed by atoms with Gasteiger partial charge in [0.05, 0.1) is 4.90 Å². The van der Waals surface area contributed by atoms with E-state index in [0.717, 1.165) is 21.0 Å². The van der Waals surface area contributed by atoms with E-state index < -0.39 is 28.2 Å². The number of ether oxygens (including phenoxy) is 1. The molecule has 7 nitrogen and oxygen atoms in total. The molecule has 0 unspecified atom stereocenters. The summed E-state index contributed by atoms with van der Waals surface area (Å²) >= 11 is 0. The van der Waals surface area contributed by atoms with Crippen molar-refractivity contribution in [3.63, 3.8) is 0 Å². The van der Waals surface area contributed by atoms with E-state index in [9.17, 15) is 18.0 Å². The van der Waals surface area contributed by atoms with E-state index in [-0.39, 0.29) is 11.5 Å². The zero-order valence-corrected chi connectivity index (χ0v) is 18.1. The molecule has 0 aliphatic carbocycles. The van der Waals surface area contributed by atoms with Gasteiger partial charge >= 0.3 is 11.6 Å². The second-order valence-corrected chi connectivity index (χ2v) is 9.25. The molecule has 3 aromatic rings. The van der Waals surface area contributed by atoms with Crippen molar-refractivity contribution in [2.45, 2.75) is 32.3 Å². The van der Waals surface area contributed by atoms with Crippen LogP contribution in [0.25, 0.3) is 11.0 Å². The third kappa shape index (κ3) is 4.44. The highest BCUT2D eigenvalue weighted by Gasteiger charge is 2.23. The minimum atomic E-state index is -3.82. The van der Waals surface area contributed by atoms with Crippen LogP contribution in [0.3, 0.4) is 0 Å². The predicted octanol–water partition coefficient (Wildman–Crippen LogP) is 3.08. The number of benzene rings is 2. The average molecular weight is 429 g/mol. The number of hydrogen-bond donors (Lipinski definition) is 0. The molecule has 0 bridgehead atoms. The Morgan fingerprint density at radius 2 is 1.73 bits per heavy atom. The number of hydrogen-bond acceptors (Lipinski definition) is 6. The first-order valence-corrected chi connectivity index (χ1v) is 10.7. The van der Waals surface area contributed by atoms with E-state index >= 15 is 0 Å². The maximum absolute atomic E-state index is 12.6. The van der Waals surface area contributed by atoms with Crippen LogP contribution < -0.4 is 5.63 Å². The van der Waals surface area contributed by atoms with Crippen molar-refractivity contribution < 1.29 is 22.4 Å². The fraction of sp³-hybridized carbons (Fsp3) is 0.273. The Hall–Kier alpha value is -2.97. The normalized spacial score (nSPS) is 11.8. The van der Waals surface area contributed by atoms with Gasteiger partial charge in [-0.3, -0.25) is 4.79 Å². The van der Waals surface area contributed by atoms with Crippen molar-refractivity contribution in [2.24, 2.45) is 0 Å². The van der Waals surface area contributed by atoms with Gasteiger partial charge in [-0.1, -0.05) is 29.8 Å². The molecular weight excluding hydrogens is 406 g/mol. The lowest BCUT2D eigenvalue weighted by Gasteiger charge is -2.17. The lowest BCUT2D eigenvalue weighted by molar-refractivity contribution is -0.144. The fourth-order valence-electron chi connectivity index (χ4n) is 3.00. The van der Waals surface area contributed by atoms with E-state index in [2.05, 4.69) is 0 Å². The van der Waals surface area contributed by atoms with Crippen molar-refractivity contribution in [1.29, 1.82) is 0 Å². The van der Waals surface area contributed by atoms with Crippen LogP contribution in [0.1, 0.15) is 22.3 Å². The van der Waals surface area contributed by atoms with Gasteiger partial charge in [0, 0.05) is 24.1 Å². The van der Waals surface area contributed by atoms with E-state index in [0.29, 0.717) is 16.5 Å². The van der Waals surface area contributed by atoms with Gasteiger partial charge in [0.25, 0.3) is 0 Å². The minimum absolute atomic E-state index is 0.0981. The van der Waals surface area contributed by atoms with E-state index in [1.165, 1.54) is 25.2 Å². The molecule has 2 aromatic carbocycles. The summed E-state index contributed by atoms with van der Waals surface area (Å²) in [5.74, 6) is -0.724. The molecule has 0 saturated carbocycles. The van der Waals surface area contributed by atoms with Gasteiger partial charge in [0.2, 0.25) is 10.0 Å². The highest BCUT2D eigenvalue weighted by Crippen LogP contribution is 2.24. The molecule has 0 aliphatic heterocycles. The zero-order valence-electron chi connectivity index (χ0n) is 17.3. The summed E-state index contributed by atoms with van der Waals surface area (Å²) in [5.41, 5.74) is 3.15. The molecule has 0 fully saturated rings. The number of carbonyl (C=O) groups is 1. The largest absolute Gasteiger partial charge is 0.460 e. The quantitative estimate of drug-likeness (QED) is 0.442. The lowest BCUT2D eigenvalue weighted by atomic mass is 10.0. The molecule has 158 valence electrons. The fourth-order valence-corrected chi connectivity index (χ4v) is 4.12. The number of fused-ring (bicyclic) bond motifs is 1. The molecule has 3 rings (SSSR count). The van der Waals surface area contributed by atoms with Crippen LogP contribution in [-0.2, 0) is 26.2 Å². The smallest absolute Gasteiger partial charge is 0.336 e. The molecule has 0 spiro atoms. The van der Waals surface area contributed by atoms with Gasteiger partial charge in [-0.15, -0.1) is 0 Å². The summed E-state index contributed by atoms with van der Waals surface area (Å²) in [6.07, 6.45) is 0. The maximum atomic E-state index is 12.6. The van der Waals surface area contributed by atoms with Gasteiger partial charge in [0.15, 0.2) is 0 Å². The number of rotatable bonds is 6. The van der Waals surface area contributed by atoms with Crippen LogP contribution in [0, 0.1) is 20.8 Å². The van der Waals surface area contributed by atoms with Crippen LogP contribution in [0.2, 0.25) is 0 Å². The molecule has 0 radical (unpaired) electrons. The Kier molecular flexibility index (Phi) is 6.09. The van der Waals surface area contributed by atoms with Gasteiger partial charge in [-0.2, -0.15) is 4.31 Å². The Morgan fingerprint density at radius 1 is 1.07 bits per heavy atom. The number of esters is 1. The van der Waals surface area contributed by atoms with Crippen molar-refractivity contribution in [3.05, 3.63) is 75.1 Å². The topological polar surface area (TPSA) is 93.9 Å².